The molecule has 2 heterocycles. The summed E-state index contributed by atoms with van der Waals surface area (Å²) in [6, 6.07) is 10.9. The molecule has 0 saturated carbocycles. The van der Waals surface area contributed by atoms with Gasteiger partial charge in [-0.3, -0.25) is 0 Å². The lowest BCUT2D eigenvalue weighted by molar-refractivity contribution is 0.628. The van der Waals surface area contributed by atoms with Crippen LogP contribution in [-0.2, 0) is 0 Å². The van der Waals surface area contributed by atoms with Gasteiger partial charge in [-0.2, -0.15) is 0 Å². The molecule has 2 nitrogen and oxygen atoms in total. The van der Waals surface area contributed by atoms with Crippen molar-refractivity contribution in [1.82, 2.24) is 5.32 Å². The van der Waals surface area contributed by atoms with E-state index in [9.17, 15) is 4.39 Å². The van der Waals surface area contributed by atoms with Gasteiger partial charge in [0, 0.05) is 16.0 Å². The Kier molecular flexibility index (Phi) is 2.94. The van der Waals surface area contributed by atoms with Crippen molar-refractivity contribution in [2.24, 2.45) is 4.99 Å². The third-order valence-corrected chi connectivity index (χ3v) is 3.97. The lowest BCUT2D eigenvalue weighted by Gasteiger charge is -2.12. The van der Waals surface area contributed by atoms with Crippen molar-refractivity contribution in [2.45, 2.75) is 6.04 Å². The van der Waals surface area contributed by atoms with Crippen LogP contribution in [-0.4, -0.2) is 6.34 Å². The average Bonchev–Trinajstić information content (AvgIpc) is 2.90. The summed E-state index contributed by atoms with van der Waals surface area (Å²) in [5.41, 5.74) is 1.04. The molecule has 0 fully saturated rings. The van der Waals surface area contributed by atoms with E-state index in [0.29, 0.717) is 0 Å². The molecule has 4 heteroatoms. The molecule has 0 aliphatic carbocycles. The molecule has 1 N–H and O–H groups in total. The maximum atomic E-state index is 12.9. The Balaban J connectivity index is 1.87. The second-order valence-electron chi connectivity index (χ2n) is 3.97. The highest BCUT2D eigenvalue weighted by Gasteiger charge is 2.11. The third-order valence-electron chi connectivity index (χ3n) is 2.76. The number of halogens is 1. The van der Waals surface area contributed by atoms with Crippen molar-refractivity contribution in [2.75, 3.05) is 0 Å². The van der Waals surface area contributed by atoms with Crippen molar-refractivity contribution in [1.29, 1.82) is 0 Å². The highest BCUT2D eigenvalue weighted by Crippen LogP contribution is 2.32. The van der Waals surface area contributed by atoms with E-state index in [1.165, 1.54) is 17.0 Å². The van der Waals surface area contributed by atoms with Crippen LogP contribution in [0.5, 0.6) is 0 Å². The van der Waals surface area contributed by atoms with E-state index in [4.69, 9.17) is 0 Å². The number of rotatable bonds is 2. The van der Waals surface area contributed by atoms with Gasteiger partial charge in [0.2, 0.25) is 0 Å². The van der Waals surface area contributed by atoms with Crippen LogP contribution in [0.3, 0.4) is 0 Å². The third kappa shape index (κ3) is 2.19. The molecule has 1 unspecified atom stereocenters. The van der Waals surface area contributed by atoms with Crippen molar-refractivity contribution in [3.05, 3.63) is 59.4 Å². The molecular formula is C14H11FN2S. The van der Waals surface area contributed by atoms with Crippen molar-refractivity contribution >= 4 is 17.7 Å². The molecule has 1 aliphatic rings. The summed E-state index contributed by atoms with van der Waals surface area (Å²) in [6.07, 6.45) is 5.50. The minimum Gasteiger partial charge on any atom is -0.365 e. The van der Waals surface area contributed by atoms with Gasteiger partial charge in [-0.1, -0.05) is 12.1 Å². The molecule has 18 heavy (non-hydrogen) atoms. The summed E-state index contributed by atoms with van der Waals surface area (Å²) in [4.78, 5) is 6.33. The summed E-state index contributed by atoms with van der Waals surface area (Å²) >= 11 is 1.70. The highest BCUT2D eigenvalue weighted by atomic mass is 32.1. The second kappa shape index (κ2) is 4.74. The number of hydrogen-bond acceptors (Lipinski definition) is 3. The monoisotopic (exact) mass is 258 g/mol. The molecule has 1 aromatic carbocycles. The summed E-state index contributed by atoms with van der Waals surface area (Å²) in [5, 5.41) is 3.18. The normalized spacial score (nSPS) is 17.7. The van der Waals surface area contributed by atoms with Gasteiger partial charge in [-0.05, 0) is 35.9 Å². The minimum atomic E-state index is -0.205. The quantitative estimate of drug-likeness (QED) is 0.871. The molecule has 0 radical (unpaired) electrons. The fraction of sp³-hybridized carbons (Fsp3) is 0.0714. The van der Waals surface area contributed by atoms with Gasteiger partial charge in [0.05, 0.1) is 12.4 Å². The molecule has 0 bridgehead atoms. The first-order valence-electron chi connectivity index (χ1n) is 5.63. The lowest BCUT2D eigenvalue weighted by atomic mass is 10.2. The maximum Gasteiger partial charge on any atom is 0.123 e. The number of aliphatic imine (C=N–C) groups is 1. The van der Waals surface area contributed by atoms with Crippen molar-refractivity contribution in [3.8, 4) is 10.4 Å². The summed E-state index contributed by atoms with van der Waals surface area (Å²) < 4.78 is 12.9. The molecule has 90 valence electrons. The first-order chi connectivity index (χ1) is 8.83. The van der Waals surface area contributed by atoms with Crippen molar-refractivity contribution < 1.29 is 4.39 Å². The van der Waals surface area contributed by atoms with E-state index < -0.39 is 0 Å². The first kappa shape index (κ1) is 11.2. The Morgan fingerprint density at radius 2 is 1.94 bits per heavy atom. The van der Waals surface area contributed by atoms with E-state index >= 15 is 0 Å². The SMILES string of the molecule is Fc1ccc(-c2ccc(C3C=CN=CN3)s2)cc1. The van der Waals surface area contributed by atoms with Gasteiger partial charge in [0.25, 0.3) is 0 Å². The van der Waals surface area contributed by atoms with Gasteiger partial charge in [-0.15, -0.1) is 11.3 Å². The fourth-order valence-electron chi connectivity index (χ4n) is 1.82. The number of thiophene rings is 1. The zero-order valence-corrected chi connectivity index (χ0v) is 10.3. The second-order valence-corrected chi connectivity index (χ2v) is 5.09. The highest BCUT2D eigenvalue weighted by molar-refractivity contribution is 7.15. The van der Waals surface area contributed by atoms with Crippen LogP contribution < -0.4 is 5.32 Å². The van der Waals surface area contributed by atoms with E-state index in [1.54, 1.807) is 36.0 Å². The van der Waals surface area contributed by atoms with Gasteiger partial charge < -0.3 is 5.32 Å². The van der Waals surface area contributed by atoms with Crippen LogP contribution in [0, 0.1) is 5.82 Å². The van der Waals surface area contributed by atoms with Crippen molar-refractivity contribution in [3.63, 3.8) is 0 Å². The fourth-order valence-corrected chi connectivity index (χ4v) is 2.88. The van der Waals surface area contributed by atoms with Crippen LogP contribution in [0.25, 0.3) is 10.4 Å². The Morgan fingerprint density at radius 3 is 2.67 bits per heavy atom. The molecule has 2 aromatic rings. The molecule has 0 saturated heterocycles. The van der Waals surface area contributed by atoms with Crippen LogP contribution in [0.2, 0.25) is 0 Å². The zero-order valence-electron chi connectivity index (χ0n) is 9.51. The van der Waals surface area contributed by atoms with Gasteiger partial charge in [0.15, 0.2) is 0 Å². The Hall–Kier alpha value is -1.94. The largest absolute Gasteiger partial charge is 0.365 e. The molecule has 1 aromatic heterocycles. The molecule has 0 amide bonds. The van der Waals surface area contributed by atoms with Gasteiger partial charge in [0.1, 0.15) is 5.82 Å². The smallest absolute Gasteiger partial charge is 0.123 e. The predicted molar refractivity (Wildman–Crippen MR) is 73.2 cm³/mol. The summed E-state index contributed by atoms with van der Waals surface area (Å²) in [5.74, 6) is -0.205. The maximum absolute atomic E-state index is 12.9. The van der Waals surface area contributed by atoms with Crippen LogP contribution >= 0.6 is 11.3 Å². The number of benzene rings is 1. The van der Waals surface area contributed by atoms with E-state index in [2.05, 4.69) is 22.4 Å². The standard InChI is InChI=1S/C14H11FN2S/c15-11-3-1-10(2-4-11)13-5-6-14(18-13)12-7-8-16-9-17-12/h1-9,12H,(H,16,17). The van der Waals surface area contributed by atoms with E-state index in [1.807, 2.05) is 6.08 Å². The van der Waals surface area contributed by atoms with E-state index in [0.717, 1.165) is 10.4 Å². The van der Waals surface area contributed by atoms with Gasteiger partial charge >= 0.3 is 0 Å². The van der Waals surface area contributed by atoms with Crippen LogP contribution in [0.1, 0.15) is 10.9 Å². The average molecular weight is 258 g/mol. The Labute approximate surface area is 109 Å². The first-order valence-corrected chi connectivity index (χ1v) is 6.44. The zero-order chi connectivity index (χ0) is 12.4. The van der Waals surface area contributed by atoms with Crippen LogP contribution in [0.15, 0.2) is 53.7 Å². The lowest BCUT2D eigenvalue weighted by Crippen LogP contribution is -2.18. The minimum absolute atomic E-state index is 0.182. The molecule has 1 aliphatic heterocycles. The van der Waals surface area contributed by atoms with Gasteiger partial charge in [-0.25, -0.2) is 9.38 Å². The van der Waals surface area contributed by atoms with E-state index in [-0.39, 0.29) is 11.9 Å². The topological polar surface area (TPSA) is 24.4 Å². The Bertz CT molecular complexity index is 599. The molecule has 0 spiro atoms. The predicted octanol–water partition coefficient (Wildman–Crippen LogP) is 3.74. The summed E-state index contributed by atoms with van der Waals surface area (Å²) in [7, 11) is 0. The number of nitrogens with one attached hydrogen (secondary N) is 1. The Morgan fingerprint density at radius 1 is 1.11 bits per heavy atom. The molecule has 1 atom stereocenters. The summed E-state index contributed by atoms with van der Waals surface area (Å²) in [6.45, 7) is 0. The van der Waals surface area contributed by atoms with Crippen LogP contribution in [0.4, 0.5) is 4.39 Å². The number of hydrogen-bond donors (Lipinski definition) is 1. The number of nitrogens with zero attached hydrogens (tertiary/aromatic N) is 1. The molecule has 3 rings (SSSR count). The molecular weight excluding hydrogens is 247 g/mol.